The van der Waals surface area contributed by atoms with Gasteiger partial charge in [0.2, 0.25) is 0 Å². The largest absolute Gasteiger partial charge is 0.456 e. The minimum Gasteiger partial charge on any atom is -0.456 e. The van der Waals surface area contributed by atoms with E-state index in [4.69, 9.17) is 19.4 Å². The first-order chi connectivity index (χ1) is 29.2. The second-order valence-electron chi connectivity index (χ2n) is 15.1. The average Bonchev–Trinajstić information content (AvgIpc) is 3.70. The van der Waals surface area contributed by atoms with Crippen LogP contribution in [0.15, 0.2) is 199 Å². The van der Waals surface area contributed by atoms with Crippen LogP contribution >= 0.6 is 0 Å². The number of furan rings is 1. The van der Waals surface area contributed by atoms with Crippen molar-refractivity contribution in [3.8, 4) is 78.7 Å². The number of aromatic nitrogens is 3. The minimum atomic E-state index is 0.630. The van der Waals surface area contributed by atoms with Gasteiger partial charge in [0.1, 0.15) is 11.3 Å². The molecule has 0 aliphatic heterocycles. The molecule has 1 aliphatic carbocycles. The number of benzene rings is 8. The van der Waals surface area contributed by atoms with Crippen molar-refractivity contribution in [2.75, 3.05) is 0 Å². The van der Waals surface area contributed by atoms with Crippen LogP contribution in [0.2, 0.25) is 0 Å². The predicted molar refractivity (Wildman–Crippen MR) is 243 cm³/mol. The molecule has 8 aromatic carbocycles. The highest BCUT2D eigenvalue weighted by Crippen LogP contribution is 2.42. The molecule has 0 atom stereocenters. The zero-order chi connectivity index (χ0) is 39.1. The van der Waals surface area contributed by atoms with Gasteiger partial charge in [0.25, 0.3) is 0 Å². The van der Waals surface area contributed by atoms with Crippen molar-refractivity contribution in [2.24, 2.45) is 0 Å². The first-order valence-electron chi connectivity index (χ1n) is 20.1. The van der Waals surface area contributed by atoms with Crippen LogP contribution in [0, 0.1) is 0 Å². The van der Waals surface area contributed by atoms with Crippen molar-refractivity contribution < 1.29 is 4.42 Å². The van der Waals surface area contributed by atoms with Gasteiger partial charge in [-0.05, 0) is 98.5 Å². The van der Waals surface area contributed by atoms with E-state index in [1.54, 1.807) is 0 Å². The molecule has 4 nitrogen and oxygen atoms in total. The van der Waals surface area contributed by atoms with Gasteiger partial charge in [-0.1, -0.05) is 170 Å². The van der Waals surface area contributed by atoms with Crippen LogP contribution in [0.25, 0.3) is 106 Å². The van der Waals surface area contributed by atoms with E-state index in [2.05, 4.69) is 164 Å². The smallest absolute Gasteiger partial charge is 0.164 e. The van der Waals surface area contributed by atoms with Crippen LogP contribution < -0.4 is 0 Å². The van der Waals surface area contributed by atoms with Crippen molar-refractivity contribution in [2.45, 2.75) is 12.8 Å². The highest BCUT2D eigenvalue weighted by atomic mass is 16.3. The van der Waals surface area contributed by atoms with Crippen LogP contribution in [-0.2, 0) is 6.42 Å². The zero-order valence-electron chi connectivity index (χ0n) is 32.2. The average molecular weight is 756 g/mol. The molecule has 59 heavy (non-hydrogen) atoms. The van der Waals surface area contributed by atoms with Gasteiger partial charge in [-0.25, -0.2) is 15.0 Å². The number of nitrogens with zero attached hydrogens (tertiary/aromatic N) is 3. The van der Waals surface area contributed by atoms with Crippen LogP contribution in [0.5, 0.6) is 0 Å². The topological polar surface area (TPSA) is 51.8 Å². The molecule has 0 N–H and O–H groups in total. The van der Waals surface area contributed by atoms with Crippen LogP contribution in [-0.4, -0.2) is 15.0 Å². The number of fused-ring (bicyclic) bond motifs is 4. The Morgan fingerprint density at radius 1 is 0.373 bits per heavy atom. The zero-order valence-corrected chi connectivity index (χ0v) is 32.2. The molecule has 2 aromatic heterocycles. The van der Waals surface area contributed by atoms with Crippen LogP contribution in [0.4, 0.5) is 0 Å². The summed E-state index contributed by atoms with van der Waals surface area (Å²) in [6, 6.07) is 66.1. The summed E-state index contributed by atoms with van der Waals surface area (Å²) < 4.78 is 6.51. The number of allylic oxidation sites excluding steroid dienone is 1. The van der Waals surface area contributed by atoms with Crippen molar-refractivity contribution in [3.63, 3.8) is 0 Å². The number of hydrogen-bond donors (Lipinski definition) is 0. The Morgan fingerprint density at radius 2 is 0.831 bits per heavy atom. The van der Waals surface area contributed by atoms with E-state index in [0.29, 0.717) is 17.5 Å². The molecular formula is C55H37N3O. The third-order valence-corrected chi connectivity index (χ3v) is 11.4. The number of rotatable bonds is 7. The standard InChI is InChI=1S/C55H37N3O/c1-4-12-36(13-5-1)38-20-22-39(23-21-38)40-24-28-43(29-25-40)54-56-53(42-16-8-3-9-17-42)57-55(58-54)45-31-27-41-26-30-44(32-46(41)33-45)49-34-47(37-14-6-2-7-15-37)35-51-52(49)48-18-10-11-19-50(48)59-51/h1-9,11-17,19-35H,10,18H2. The summed E-state index contributed by atoms with van der Waals surface area (Å²) in [5, 5.41) is 3.46. The van der Waals surface area contributed by atoms with Gasteiger partial charge in [0.15, 0.2) is 17.5 Å². The normalized spacial score (nSPS) is 12.2. The second kappa shape index (κ2) is 14.7. The molecule has 4 heteroatoms. The molecule has 11 rings (SSSR count). The van der Waals surface area contributed by atoms with E-state index in [-0.39, 0.29) is 0 Å². The molecule has 0 fully saturated rings. The lowest BCUT2D eigenvalue weighted by molar-refractivity contribution is 0.595. The molecule has 1 aliphatic rings. The summed E-state index contributed by atoms with van der Waals surface area (Å²) in [4.78, 5) is 15.2. The van der Waals surface area contributed by atoms with E-state index in [1.165, 1.54) is 27.6 Å². The van der Waals surface area contributed by atoms with E-state index in [1.807, 2.05) is 36.4 Å². The highest BCUT2D eigenvalue weighted by molar-refractivity contribution is 6.03. The van der Waals surface area contributed by atoms with Crippen molar-refractivity contribution in [3.05, 3.63) is 205 Å². The van der Waals surface area contributed by atoms with E-state index < -0.39 is 0 Å². The third kappa shape index (κ3) is 6.61. The van der Waals surface area contributed by atoms with Crippen molar-refractivity contribution in [1.82, 2.24) is 15.0 Å². The SMILES string of the molecule is C1=Cc2oc3cc(-c4ccccc4)cc(-c4ccc5ccc(-c6nc(-c7ccccc7)nc(-c7ccc(-c8ccc(-c9ccccc9)cc8)cc7)n6)cc5c4)c3c2CC1. The lowest BCUT2D eigenvalue weighted by atomic mass is 9.90. The lowest BCUT2D eigenvalue weighted by Gasteiger charge is -2.12. The van der Waals surface area contributed by atoms with Gasteiger partial charge < -0.3 is 4.42 Å². The summed E-state index contributed by atoms with van der Waals surface area (Å²) in [5.74, 6) is 2.87. The molecule has 0 radical (unpaired) electrons. The van der Waals surface area contributed by atoms with Crippen LogP contribution in [0.3, 0.4) is 0 Å². The fourth-order valence-electron chi connectivity index (χ4n) is 8.34. The Bertz CT molecular complexity index is 3170. The Hall–Kier alpha value is -7.69. The van der Waals surface area contributed by atoms with E-state index >= 15 is 0 Å². The summed E-state index contributed by atoms with van der Waals surface area (Å²) >= 11 is 0. The summed E-state index contributed by atoms with van der Waals surface area (Å²) in [7, 11) is 0. The van der Waals surface area contributed by atoms with E-state index in [9.17, 15) is 0 Å². The summed E-state index contributed by atoms with van der Waals surface area (Å²) in [5.41, 5.74) is 14.3. The Labute approximate surface area is 342 Å². The molecule has 0 unspecified atom stereocenters. The highest BCUT2D eigenvalue weighted by Gasteiger charge is 2.21. The Balaban J connectivity index is 0.989. The molecular weight excluding hydrogens is 719 g/mol. The number of aryl methyl sites for hydroxylation is 1. The number of hydrogen-bond acceptors (Lipinski definition) is 4. The fourth-order valence-corrected chi connectivity index (χ4v) is 8.34. The minimum absolute atomic E-state index is 0.630. The van der Waals surface area contributed by atoms with Gasteiger partial charge in [-0.15, -0.1) is 0 Å². The monoisotopic (exact) mass is 755 g/mol. The van der Waals surface area contributed by atoms with Gasteiger partial charge >= 0.3 is 0 Å². The van der Waals surface area contributed by atoms with Crippen molar-refractivity contribution in [1.29, 1.82) is 0 Å². The maximum absolute atomic E-state index is 6.51. The van der Waals surface area contributed by atoms with E-state index in [0.717, 1.165) is 79.5 Å². The maximum atomic E-state index is 6.51. The Morgan fingerprint density at radius 3 is 1.44 bits per heavy atom. The second-order valence-corrected chi connectivity index (χ2v) is 15.1. The first-order valence-corrected chi connectivity index (χ1v) is 20.1. The lowest BCUT2D eigenvalue weighted by Crippen LogP contribution is -2.00. The maximum Gasteiger partial charge on any atom is 0.164 e. The van der Waals surface area contributed by atoms with Crippen LogP contribution in [0.1, 0.15) is 17.7 Å². The summed E-state index contributed by atoms with van der Waals surface area (Å²) in [6.07, 6.45) is 6.30. The van der Waals surface area contributed by atoms with Gasteiger partial charge in [-0.2, -0.15) is 0 Å². The molecule has 0 saturated carbocycles. The third-order valence-electron chi connectivity index (χ3n) is 11.4. The van der Waals surface area contributed by atoms with Gasteiger partial charge in [0.05, 0.1) is 0 Å². The predicted octanol–water partition coefficient (Wildman–Crippen LogP) is 14.4. The Kier molecular flexibility index (Phi) is 8.59. The summed E-state index contributed by atoms with van der Waals surface area (Å²) in [6.45, 7) is 0. The molecule has 0 bridgehead atoms. The molecule has 0 spiro atoms. The van der Waals surface area contributed by atoms with Crippen molar-refractivity contribution >= 4 is 27.8 Å². The van der Waals surface area contributed by atoms with Gasteiger partial charge in [-0.3, -0.25) is 0 Å². The first kappa shape index (κ1) is 34.5. The molecule has 278 valence electrons. The molecule has 10 aromatic rings. The fraction of sp³-hybridized carbons (Fsp3) is 0.0364. The molecule has 2 heterocycles. The molecule has 0 saturated heterocycles. The molecule has 0 amide bonds. The quantitative estimate of drug-likeness (QED) is 0.163. The van der Waals surface area contributed by atoms with Gasteiger partial charge in [0, 0.05) is 27.6 Å².